The molecule has 29 heavy (non-hydrogen) atoms. The van der Waals surface area contributed by atoms with Gasteiger partial charge in [-0.3, -0.25) is 4.90 Å². The van der Waals surface area contributed by atoms with Gasteiger partial charge in [0.25, 0.3) is 0 Å². The lowest BCUT2D eigenvalue weighted by atomic mass is 9.99. The van der Waals surface area contributed by atoms with Crippen LogP contribution in [0.25, 0.3) is 10.7 Å². The number of aromatic nitrogens is 2. The van der Waals surface area contributed by atoms with E-state index in [2.05, 4.69) is 39.3 Å². The summed E-state index contributed by atoms with van der Waals surface area (Å²) in [6.45, 7) is 3.39. The molecule has 5 rings (SSSR count). The van der Waals surface area contributed by atoms with Gasteiger partial charge in [-0.05, 0) is 34.7 Å². The molecule has 2 aromatic carbocycles. The molecule has 1 saturated heterocycles. The van der Waals surface area contributed by atoms with Gasteiger partial charge in [-0.25, -0.2) is 0 Å². The number of benzene rings is 2. The minimum Gasteiger partial charge on any atom is -0.489 e. The fourth-order valence-corrected chi connectivity index (χ4v) is 4.10. The smallest absolute Gasteiger partial charge is 0.232 e. The van der Waals surface area contributed by atoms with Crippen molar-refractivity contribution in [2.45, 2.75) is 19.1 Å². The first-order chi connectivity index (χ1) is 14.3. The molecule has 2 aromatic heterocycles. The third-order valence-electron chi connectivity index (χ3n) is 5.07. The molecule has 0 saturated carbocycles. The molecule has 6 heteroatoms. The zero-order valence-electron chi connectivity index (χ0n) is 15.9. The summed E-state index contributed by atoms with van der Waals surface area (Å²) in [7, 11) is 0. The SMILES string of the molecule is c1ccc(COc2ccc(CN3CC(c4nc(-c5cccs5)no4)C3)cc2)cc1. The molecule has 1 fully saturated rings. The Morgan fingerprint density at radius 3 is 2.55 bits per heavy atom. The van der Waals surface area contributed by atoms with Crippen LogP contribution in [0, 0.1) is 0 Å². The molecule has 0 atom stereocenters. The standard InChI is InChI=1S/C23H21N3O2S/c1-2-5-18(6-3-1)16-27-20-10-8-17(9-11-20)13-26-14-19(15-26)23-24-22(25-28-23)21-7-4-12-29-21/h1-12,19H,13-16H2. The van der Waals surface area contributed by atoms with Crippen molar-refractivity contribution in [3.8, 4) is 16.5 Å². The molecule has 0 aliphatic carbocycles. The molecule has 1 aliphatic rings. The molecule has 0 bridgehead atoms. The summed E-state index contributed by atoms with van der Waals surface area (Å²) < 4.78 is 11.3. The van der Waals surface area contributed by atoms with Crippen LogP contribution in [0.5, 0.6) is 5.75 Å². The Kier molecular flexibility index (Phi) is 5.11. The number of hydrogen-bond donors (Lipinski definition) is 0. The predicted molar refractivity (Wildman–Crippen MR) is 113 cm³/mol. The van der Waals surface area contributed by atoms with Crippen LogP contribution in [0.1, 0.15) is 22.9 Å². The molecule has 3 heterocycles. The maximum Gasteiger partial charge on any atom is 0.232 e. The fourth-order valence-electron chi connectivity index (χ4n) is 3.45. The molecular weight excluding hydrogens is 382 g/mol. The van der Waals surface area contributed by atoms with Gasteiger partial charge in [0.1, 0.15) is 12.4 Å². The van der Waals surface area contributed by atoms with Crippen molar-refractivity contribution in [3.05, 3.63) is 89.1 Å². The van der Waals surface area contributed by atoms with Crippen LogP contribution in [0.4, 0.5) is 0 Å². The van der Waals surface area contributed by atoms with Crippen molar-refractivity contribution in [2.24, 2.45) is 0 Å². The molecule has 4 aromatic rings. The van der Waals surface area contributed by atoms with Gasteiger partial charge in [-0.2, -0.15) is 4.98 Å². The highest BCUT2D eigenvalue weighted by Gasteiger charge is 2.32. The first kappa shape index (κ1) is 18.1. The third-order valence-corrected chi connectivity index (χ3v) is 5.93. The van der Waals surface area contributed by atoms with E-state index in [-0.39, 0.29) is 0 Å². The van der Waals surface area contributed by atoms with E-state index in [1.807, 2.05) is 47.8 Å². The van der Waals surface area contributed by atoms with Gasteiger partial charge in [0, 0.05) is 19.6 Å². The van der Waals surface area contributed by atoms with Crippen LogP contribution in [0.15, 0.2) is 76.6 Å². The van der Waals surface area contributed by atoms with Crippen molar-refractivity contribution in [1.82, 2.24) is 15.0 Å². The van der Waals surface area contributed by atoms with E-state index in [0.717, 1.165) is 36.2 Å². The first-order valence-electron chi connectivity index (χ1n) is 9.69. The van der Waals surface area contributed by atoms with Crippen LogP contribution in [-0.2, 0) is 13.2 Å². The summed E-state index contributed by atoms with van der Waals surface area (Å²) in [5, 5.41) is 6.13. The second-order valence-corrected chi connectivity index (χ2v) is 8.19. The first-order valence-corrected chi connectivity index (χ1v) is 10.6. The molecule has 5 nitrogen and oxygen atoms in total. The highest BCUT2D eigenvalue weighted by atomic mass is 32.1. The Morgan fingerprint density at radius 1 is 0.966 bits per heavy atom. The van der Waals surface area contributed by atoms with Gasteiger partial charge in [-0.15, -0.1) is 11.3 Å². The number of nitrogens with zero attached hydrogens (tertiary/aromatic N) is 3. The van der Waals surface area contributed by atoms with Crippen LogP contribution in [0.3, 0.4) is 0 Å². The van der Waals surface area contributed by atoms with Crippen LogP contribution in [0.2, 0.25) is 0 Å². The van der Waals surface area contributed by atoms with Gasteiger partial charge in [0.05, 0.1) is 10.8 Å². The largest absolute Gasteiger partial charge is 0.489 e. The summed E-state index contributed by atoms with van der Waals surface area (Å²) >= 11 is 1.63. The van der Waals surface area contributed by atoms with E-state index in [1.54, 1.807) is 11.3 Å². The lowest BCUT2D eigenvalue weighted by molar-refractivity contribution is 0.117. The lowest BCUT2D eigenvalue weighted by Crippen LogP contribution is -2.44. The van der Waals surface area contributed by atoms with Crippen molar-refractivity contribution in [1.29, 1.82) is 0 Å². The summed E-state index contributed by atoms with van der Waals surface area (Å²) in [4.78, 5) is 8.00. The monoisotopic (exact) mass is 403 g/mol. The number of thiophene rings is 1. The number of likely N-dealkylation sites (tertiary alicyclic amines) is 1. The maximum absolute atomic E-state index is 5.86. The Labute approximate surface area is 173 Å². The quantitative estimate of drug-likeness (QED) is 0.436. The normalized spacial score (nSPS) is 14.6. The second kappa shape index (κ2) is 8.19. The zero-order chi connectivity index (χ0) is 19.5. The van der Waals surface area contributed by atoms with Crippen LogP contribution < -0.4 is 4.74 Å². The van der Waals surface area contributed by atoms with E-state index < -0.39 is 0 Å². The lowest BCUT2D eigenvalue weighted by Gasteiger charge is -2.37. The Hall–Kier alpha value is -2.96. The van der Waals surface area contributed by atoms with E-state index in [9.17, 15) is 0 Å². The molecule has 1 aliphatic heterocycles. The molecule has 0 N–H and O–H groups in total. The minimum absolute atomic E-state index is 0.324. The Balaban J connectivity index is 1.11. The second-order valence-electron chi connectivity index (χ2n) is 7.24. The van der Waals surface area contributed by atoms with Crippen molar-refractivity contribution >= 4 is 11.3 Å². The number of ether oxygens (including phenoxy) is 1. The van der Waals surface area contributed by atoms with Gasteiger partial charge in [0.2, 0.25) is 11.7 Å². The van der Waals surface area contributed by atoms with E-state index in [4.69, 9.17) is 9.26 Å². The van der Waals surface area contributed by atoms with E-state index in [1.165, 1.54) is 11.1 Å². The van der Waals surface area contributed by atoms with Gasteiger partial charge < -0.3 is 9.26 Å². The fraction of sp³-hybridized carbons (Fsp3) is 0.217. The van der Waals surface area contributed by atoms with Crippen molar-refractivity contribution in [2.75, 3.05) is 13.1 Å². The van der Waals surface area contributed by atoms with Gasteiger partial charge in [0.15, 0.2) is 0 Å². The maximum atomic E-state index is 5.86. The molecule has 146 valence electrons. The highest BCUT2D eigenvalue weighted by Crippen LogP contribution is 2.30. The van der Waals surface area contributed by atoms with E-state index >= 15 is 0 Å². The average Bonchev–Trinajstić information content (AvgIpc) is 3.42. The van der Waals surface area contributed by atoms with E-state index in [0.29, 0.717) is 18.3 Å². The minimum atomic E-state index is 0.324. The molecule has 0 unspecified atom stereocenters. The number of hydrogen-bond acceptors (Lipinski definition) is 6. The Morgan fingerprint density at radius 2 is 1.79 bits per heavy atom. The average molecular weight is 404 g/mol. The summed E-state index contributed by atoms with van der Waals surface area (Å²) in [6, 6.07) is 22.6. The van der Waals surface area contributed by atoms with Crippen molar-refractivity contribution < 1.29 is 9.26 Å². The van der Waals surface area contributed by atoms with Gasteiger partial charge >= 0.3 is 0 Å². The summed E-state index contributed by atoms with van der Waals surface area (Å²) in [5.74, 6) is 2.66. The summed E-state index contributed by atoms with van der Waals surface area (Å²) in [6.07, 6.45) is 0. The number of rotatable bonds is 7. The topological polar surface area (TPSA) is 51.4 Å². The molecule has 0 amide bonds. The molecular formula is C23H21N3O2S. The molecule has 0 spiro atoms. The highest BCUT2D eigenvalue weighted by molar-refractivity contribution is 7.13. The summed E-state index contributed by atoms with van der Waals surface area (Å²) in [5.41, 5.74) is 2.45. The third kappa shape index (κ3) is 4.23. The van der Waals surface area contributed by atoms with Crippen molar-refractivity contribution in [3.63, 3.8) is 0 Å². The zero-order valence-corrected chi connectivity index (χ0v) is 16.7. The predicted octanol–water partition coefficient (Wildman–Crippen LogP) is 4.98. The molecule has 0 radical (unpaired) electrons. The van der Waals surface area contributed by atoms with Gasteiger partial charge in [-0.1, -0.05) is 53.7 Å². The van der Waals surface area contributed by atoms with Crippen LogP contribution >= 0.6 is 11.3 Å². The van der Waals surface area contributed by atoms with Crippen LogP contribution in [-0.4, -0.2) is 28.1 Å². The Bertz CT molecular complexity index is 1040.